The quantitative estimate of drug-likeness (QED) is 0.195. The van der Waals surface area contributed by atoms with Crippen molar-refractivity contribution in [2.75, 3.05) is 0 Å². The number of hydrogen-bond acceptors (Lipinski definition) is 4. The topological polar surface area (TPSA) is 62.5 Å². The van der Waals surface area contributed by atoms with Gasteiger partial charge in [-0.1, -0.05) is 105 Å². The fourth-order valence-corrected chi connectivity index (χ4v) is 8.89. The maximum absolute atomic E-state index is 9.28. The Balaban J connectivity index is 1.18. The first kappa shape index (κ1) is 29.3. The minimum Gasteiger partial charge on any atom is -0.208 e. The summed E-state index contributed by atoms with van der Waals surface area (Å²) in [6, 6.07) is 42.1. The van der Waals surface area contributed by atoms with Crippen LogP contribution in [0.5, 0.6) is 0 Å². The van der Waals surface area contributed by atoms with E-state index in [2.05, 4.69) is 80.6 Å². The maximum atomic E-state index is 9.28. The number of rotatable bonds is 5. The Morgan fingerprint density at radius 2 is 1.06 bits per heavy atom. The number of fused-ring (bicyclic) bond motifs is 3. The van der Waals surface area contributed by atoms with Crippen LogP contribution in [0.15, 0.2) is 115 Å². The molecule has 4 heteroatoms. The Labute approximate surface area is 277 Å². The summed E-state index contributed by atoms with van der Waals surface area (Å²) >= 11 is 0. The van der Waals surface area contributed by atoms with Crippen molar-refractivity contribution in [1.82, 2.24) is 15.0 Å². The minimum absolute atomic E-state index is 0.282. The third kappa shape index (κ3) is 5.51. The zero-order valence-corrected chi connectivity index (χ0v) is 27.0. The smallest absolute Gasteiger partial charge is 0.164 e. The highest BCUT2D eigenvalue weighted by molar-refractivity contribution is 5.99. The van der Waals surface area contributed by atoms with Gasteiger partial charge in [-0.2, -0.15) is 5.26 Å². The molecule has 4 nitrogen and oxygen atoms in total. The maximum Gasteiger partial charge on any atom is 0.164 e. The molecule has 2 bridgehead atoms. The van der Waals surface area contributed by atoms with E-state index in [0.717, 1.165) is 34.4 Å². The van der Waals surface area contributed by atoms with Gasteiger partial charge in [-0.15, -0.1) is 0 Å². The highest BCUT2D eigenvalue weighted by atomic mass is 15.0. The molecule has 6 aromatic rings. The molecule has 0 aliphatic heterocycles. The van der Waals surface area contributed by atoms with E-state index in [1.165, 1.54) is 54.0 Å². The van der Waals surface area contributed by atoms with E-state index in [9.17, 15) is 5.26 Å². The second-order valence-corrected chi connectivity index (χ2v) is 14.1. The lowest BCUT2D eigenvalue weighted by atomic mass is 9.54. The summed E-state index contributed by atoms with van der Waals surface area (Å²) < 4.78 is 0. The van der Waals surface area contributed by atoms with Gasteiger partial charge in [0.2, 0.25) is 0 Å². The summed E-state index contributed by atoms with van der Waals surface area (Å²) in [6.45, 7) is 4.94. The average molecular weight is 611 g/mol. The lowest BCUT2D eigenvalue weighted by Crippen LogP contribution is -2.42. The van der Waals surface area contributed by atoms with Crippen molar-refractivity contribution in [3.05, 3.63) is 126 Å². The van der Waals surface area contributed by atoms with Gasteiger partial charge in [-0.3, -0.25) is 0 Å². The van der Waals surface area contributed by atoms with E-state index in [0.29, 0.717) is 23.0 Å². The lowest BCUT2D eigenvalue weighted by molar-refractivity contribution is 0.0790. The van der Waals surface area contributed by atoms with Crippen molar-refractivity contribution in [1.29, 1.82) is 5.26 Å². The first-order chi connectivity index (χ1) is 23.0. The number of nitriles is 1. The highest BCUT2D eigenvalue weighted by Gasteiger charge is 2.45. The van der Waals surface area contributed by atoms with Crippen molar-refractivity contribution in [2.24, 2.45) is 17.8 Å². The molecular formula is C43H38N4. The van der Waals surface area contributed by atoms with Crippen molar-refractivity contribution in [3.8, 4) is 51.4 Å². The van der Waals surface area contributed by atoms with E-state index in [1.807, 2.05) is 42.5 Å². The van der Waals surface area contributed by atoms with Gasteiger partial charge in [0.1, 0.15) is 0 Å². The van der Waals surface area contributed by atoms with Crippen molar-refractivity contribution < 1.29 is 0 Å². The molecule has 2 aliphatic carbocycles. The Bertz CT molecular complexity index is 2090. The predicted molar refractivity (Wildman–Crippen MR) is 190 cm³/mol. The van der Waals surface area contributed by atoms with Gasteiger partial charge in [0.05, 0.1) is 11.6 Å². The van der Waals surface area contributed by atoms with Crippen LogP contribution in [0.1, 0.15) is 57.1 Å². The molecule has 230 valence electrons. The molecule has 5 aromatic carbocycles. The molecule has 0 spiro atoms. The van der Waals surface area contributed by atoms with Gasteiger partial charge >= 0.3 is 0 Å². The molecule has 1 aromatic heterocycles. The normalized spacial score (nSPS) is 22.1. The van der Waals surface area contributed by atoms with Gasteiger partial charge in [0.15, 0.2) is 17.5 Å². The Morgan fingerprint density at radius 3 is 1.66 bits per heavy atom. The van der Waals surface area contributed by atoms with Crippen LogP contribution in [0.2, 0.25) is 0 Å². The molecule has 1 unspecified atom stereocenters. The largest absolute Gasteiger partial charge is 0.208 e. The highest BCUT2D eigenvalue weighted by Crippen LogP contribution is 2.55. The molecule has 2 aliphatic rings. The second-order valence-electron chi connectivity index (χ2n) is 14.1. The zero-order valence-electron chi connectivity index (χ0n) is 27.0. The molecular weight excluding hydrogens is 573 g/mol. The van der Waals surface area contributed by atoms with Gasteiger partial charge < -0.3 is 0 Å². The van der Waals surface area contributed by atoms with Crippen molar-refractivity contribution in [3.63, 3.8) is 0 Å². The number of benzene rings is 5. The SMILES string of the molecule is C[C@@H]1C[C@@H]2C[C@H](C)CC(c3ccc(-c4ccc(-c5nc(-c6ccccc6)nc(-c6ccc(C#N)cc6)n5)cc4)c4ccccc34)(C1)C2. The van der Waals surface area contributed by atoms with Crippen LogP contribution in [0.25, 0.3) is 56.1 Å². The molecule has 47 heavy (non-hydrogen) atoms. The summed E-state index contributed by atoms with van der Waals surface area (Å²) in [5.41, 5.74) is 7.60. The van der Waals surface area contributed by atoms with Crippen LogP contribution < -0.4 is 0 Å². The summed E-state index contributed by atoms with van der Waals surface area (Å²) in [5, 5.41) is 12.0. The Morgan fingerprint density at radius 1 is 0.553 bits per heavy atom. The fourth-order valence-electron chi connectivity index (χ4n) is 8.89. The van der Waals surface area contributed by atoms with E-state index < -0.39 is 0 Å². The van der Waals surface area contributed by atoms with Gasteiger partial charge in [-0.05, 0) is 107 Å². The molecule has 4 atom stereocenters. The fraction of sp³-hybridized carbons (Fsp3) is 0.256. The standard InChI is InChI=1S/C43H38N4/c1-28-22-31-23-29(2)25-43(24-28,26-31)39-21-20-36(37-10-6-7-11-38(37)39)32-16-18-35(19-17-32)42-46-40(33-8-4-3-5-9-33)45-41(47-42)34-14-12-30(27-44)13-15-34/h3-21,28-29,31H,22-26H2,1-2H3/t28-,29+,31-,43?. The lowest BCUT2D eigenvalue weighted by Gasteiger charge is -2.51. The summed E-state index contributed by atoms with van der Waals surface area (Å²) in [5.74, 6) is 4.24. The van der Waals surface area contributed by atoms with Crippen molar-refractivity contribution >= 4 is 10.8 Å². The van der Waals surface area contributed by atoms with E-state index in [4.69, 9.17) is 15.0 Å². The first-order valence-electron chi connectivity index (χ1n) is 16.9. The third-order valence-corrected chi connectivity index (χ3v) is 10.5. The summed E-state index contributed by atoms with van der Waals surface area (Å²) in [7, 11) is 0. The zero-order chi connectivity index (χ0) is 32.0. The number of hydrogen-bond donors (Lipinski definition) is 0. The van der Waals surface area contributed by atoms with Crippen LogP contribution >= 0.6 is 0 Å². The second kappa shape index (κ2) is 11.9. The van der Waals surface area contributed by atoms with Gasteiger partial charge in [0, 0.05) is 16.7 Å². The third-order valence-electron chi connectivity index (χ3n) is 10.5. The Hall–Kier alpha value is -5.14. The van der Waals surface area contributed by atoms with Crippen LogP contribution in [0.4, 0.5) is 0 Å². The van der Waals surface area contributed by atoms with Crippen LogP contribution in [0.3, 0.4) is 0 Å². The predicted octanol–water partition coefficient (Wildman–Crippen LogP) is 10.7. The van der Waals surface area contributed by atoms with E-state index in [1.54, 1.807) is 17.7 Å². The van der Waals surface area contributed by atoms with E-state index in [-0.39, 0.29) is 5.41 Å². The molecule has 0 saturated heterocycles. The molecule has 8 rings (SSSR count). The van der Waals surface area contributed by atoms with Crippen LogP contribution in [-0.2, 0) is 5.41 Å². The van der Waals surface area contributed by atoms with Gasteiger partial charge in [-0.25, -0.2) is 15.0 Å². The summed E-state index contributed by atoms with van der Waals surface area (Å²) in [4.78, 5) is 14.6. The molecule has 0 amide bonds. The number of aromatic nitrogens is 3. The molecule has 2 saturated carbocycles. The molecule has 2 fully saturated rings. The number of nitrogens with zero attached hydrogens (tertiary/aromatic N) is 4. The minimum atomic E-state index is 0.282. The molecule has 1 heterocycles. The van der Waals surface area contributed by atoms with Gasteiger partial charge in [0.25, 0.3) is 0 Å². The van der Waals surface area contributed by atoms with Crippen molar-refractivity contribution in [2.45, 2.75) is 51.4 Å². The molecule has 0 radical (unpaired) electrons. The average Bonchev–Trinajstić information content (AvgIpc) is 3.11. The van der Waals surface area contributed by atoms with Crippen LogP contribution in [-0.4, -0.2) is 15.0 Å². The Kier molecular flexibility index (Phi) is 7.41. The monoisotopic (exact) mass is 610 g/mol. The molecule has 0 N–H and O–H groups in total. The van der Waals surface area contributed by atoms with Crippen LogP contribution in [0, 0.1) is 29.1 Å². The first-order valence-corrected chi connectivity index (χ1v) is 16.9. The summed E-state index contributed by atoms with van der Waals surface area (Å²) in [6.07, 6.45) is 6.70. The van der Waals surface area contributed by atoms with E-state index >= 15 is 0 Å².